The number of aromatic nitrogens is 2. The van der Waals surface area contributed by atoms with Crippen LogP contribution in [0, 0.1) is 0 Å². The second kappa shape index (κ2) is 7.21. The van der Waals surface area contributed by atoms with Crippen LogP contribution in [0.3, 0.4) is 0 Å². The van der Waals surface area contributed by atoms with Crippen molar-refractivity contribution in [1.82, 2.24) is 9.13 Å². The maximum absolute atomic E-state index is 14.1. The van der Waals surface area contributed by atoms with Gasteiger partial charge in [-0.2, -0.15) is 0 Å². The number of aliphatic hydroxyl groups is 2. The number of alkyl halides is 1. The van der Waals surface area contributed by atoms with Gasteiger partial charge in [0.1, 0.15) is 12.2 Å². The van der Waals surface area contributed by atoms with Crippen LogP contribution >= 0.6 is 0 Å². The Morgan fingerprint density at radius 3 is 2.67 bits per heavy atom. The molecule has 0 spiro atoms. The zero-order chi connectivity index (χ0) is 18.0. The molecule has 10 nitrogen and oxygen atoms in total. The highest BCUT2D eigenvalue weighted by Crippen LogP contribution is 2.30. The largest absolute Gasteiger partial charge is 0.481 e. The Morgan fingerprint density at radius 1 is 1.46 bits per heavy atom. The molecule has 5 N–H and O–H groups in total. The van der Waals surface area contributed by atoms with Crippen LogP contribution in [-0.2, 0) is 16.1 Å². The van der Waals surface area contributed by atoms with Gasteiger partial charge in [-0.15, -0.1) is 0 Å². The minimum Gasteiger partial charge on any atom is -0.481 e. The number of aliphatic carboxylic acids is 1. The summed E-state index contributed by atoms with van der Waals surface area (Å²) in [6.45, 7) is -1.02. The van der Waals surface area contributed by atoms with E-state index >= 15 is 0 Å². The van der Waals surface area contributed by atoms with Crippen molar-refractivity contribution in [2.24, 2.45) is 5.73 Å². The molecule has 2 unspecified atom stereocenters. The lowest BCUT2D eigenvalue weighted by atomic mass is 10.1. The molecule has 0 bridgehead atoms. The summed E-state index contributed by atoms with van der Waals surface area (Å²) in [7, 11) is 0. The zero-order valence-electron chi connectivity index (χ0n) is 12.5. The Kier molecular flexibility index (Phi) is 5.49. The maximum Gasteiger partial charge on any atom is 0.333 e. The molecule has 0 saturated carbocycles. The number of carboxylic acid groups (broad SMARTS) is 1. The van der Waals surface area contributed by atoms with Gasteiger partial charge in [-0.1, -0.05) is 0 Å². The molecule has 5 atom stereocenters. The number of nitrogens with two attached hydrogens (primary N) is 1. The first-order chi connectivity index (χ1) is 11.3. The SMILES string of the molecule is NC(CC(=O)O)Cn1c(=O)ccn([C@@H]2O[C@H](CO)C(O)[C@@H]2F)c1=O. The van der Waals surface area contributed by atoms with Crippen molar-refractivity contribution in [1.29, 1.82) is 0 Å². The van der Waals surface area contributed by atoms with E-state index in [2.05, 4.69) is 0 Å². The first-order valence-electron chi connectivity index (χ1n) is 7.14. The van der Waals surface area contributed by atoms with Gasteiger partial charge in [-0.3, -0.25) is 18.7 Å². The highest BCUT2D eigenvalue weighted by Gasteiger charge is 2.45. The van der Waals surface area contributed by atoms with E-state index in [0.717, 1.165) is 16.8 Å². The molecule has 1 aromatic rings. The fourth-order valence-electron chi connectivity index (χ4n) is 2.49. The van der Waals surface area contributed by atoms with E-state index in [-0.39, 0.29) is 6.54 Å². The van der Waals surface area contributed by atoms with Crippen LogP contribution in [0.5, 0.6) is 0 Å². The third-order valence-electron chi connectivity index (χ3n) is 3.70. The lowest BCUT2D eigenvalue weighted by molar-refractivity contribution is -0.137. The fraction of sp³-hybridized carbons (Fsp3) is 0.615. The van der Waals surface area contributed by atoms with Gasteiger partial charge in [0, 0.05) is 24.8 Å². The standard InChI is InChI=1S/C13H18FN3O7/c14-10-11(22)7(5-18)24-12(10)16-2-1-8(19)17(13(16)23)4-6(15)3-9(20)21/h1-2,6-7,10-12,18,22H,3-5,15H2,(H,20,21)/t6?,7-,10+,11?,12-/m1/s1. The van der Waals surface area contributed by atoms with Gasteiger partial charge in [-0.25, -0.2) is 9.18 Å². The molecule has 11 heteroatoms. The van der Waals surface area contributed by atoms with E-state index in [9.17, 15) is 23.9 Å². The van der Waals surface area contributed by atoms with Gasteiger partial charge in [0.2, 0.25) is 0 Å². The number of nitrogens with zero attached hydrogens (tertiary/aromatic N) is 2. The molecule has 0 aliphatic carbocycles. The van der Waals surface area contributed by atoms with Gasteiger partial charge in [0.25, 0.3) is 5.56 Å². The zero-order valence-corrected chi connectivity index (χ0v) is 12.5. The lowest BCUT2D eigenvalue weighted by Gasteiger charge is -2.18. The molecule has 0 radical (unpaired) electrons. The van der Waals surface area contributed by atoms with Crippen LogP contribution in [-0.4, -0.2) is 61.5 Å². The Morgan fingerprint density at radius 2 is 2.12 bits per heavy atom. The third-order valence-corrected chi connectivity index (χ3v) is 3.70. The third kappa shape index (κ3) is 3.53. The molecule has 0 aromatic carbocycles. The predicted molar refractivity (Wildman–Crippen MR) is 77.1 cm³/mol. The molecule has 2 heterocycles. The highest BCUT2D eigenvalue weighted by molar-refractivity contribution is 5.67. The van der Waals surface area contributed by atoms with Crippen LogP contribution in [0.4, 0.5) is 4.39 Å². The number of halogens is 1. The lowest BCUT2D eigenvalue weighted by Crippen LogP contribution is -2.45. The van der Waals surface area contributed by atoms with E-state index in [1.807, 2.05) is 0 Å². The number of hydrogen-bond acceptors (Lipinski definition) is 7. The molecule has 24 heavy (non-hydrogen) atoms. The first kappa shape index (κ1) is 18.3. The van der Waals surface area contributed by atoms with E-state index in [0.29, 0.717) is 4.57 Å². The van der Waals surface area contributed by atoms with Crippen molar-refractivity contribution in [2.45, 2.75) is 43.6 Å². The average Bonchev–Trinajstić information content (AvgIpc) is 2.79. The molecular formula is C13H18FN3O7. The van der Waals surface area contributed by atoms with E-state index in [1.54, 1.807) is 0 Å². The van der Waals surface area contributed by atoms with E-state index < -0.39 is 60.9 Å². The van der Waals surface area contributed by atoms with Crippen LogP contribution in [0.1, 0.15) is 12.6 Å². The summed E-state index contributed by atoms with van der Waals surface area (Å²) in [4.78, 5) is 34.8. The van der Waals surface area contributed by atoms with Crippen molar-refractivity contribution < 1.29 is 29.2 Å². The second-order valence-electron chi connectivity index (χ2n) is 5.50. The average molecular weight is 347 g/mol. The van der Waals surface area contributed by atoms with Crippen molar-refractivity contribution in [3.05, 3.63) is 33.1 Å². The number of carbonyl (C=O) groups is 1. The molecule has 0 amide bonds. The molecule has 1 saturated heterocycles. The molecule has 134 valence electrons. The van der Waals surface area contributed by atoms with Crippen molar-refractivity contribution in [2.75, 3.05) is 6.61 Å². The molecule has 2 rings (SSSR count). The minimum absolute atomic E-state index is 0.375. The van der Waals surface area contributed by atoms with Crippen LogP contribution in [0.25, 0.3) is 0 Å². The Labute approximate surface area is 134 Å². The quantitative estimate of drug-likeness (QED) is 0.436. The van der Waals surface area contributed by atoms with Gasteiger partial charge in [0.05, 0.1) is 13.0 Å². The van der Waals surface area contributed by atoms with Crippen LogP contribution in [0.15, 0.2) is 21.9 Å². The Balaban J connectivity index is 2.34. The second-order valence-corrected chi connectivity index (χ2v) is 5.50. The number of rotatable bonds is 6. The highest BCUT2D eigenvalue weighted by atomic mass is 19.1. The Bertz CT molecular complexity index is 718. The van der Waals surface area contributed by atoms with Gasteiger partial charge < -0.3 is 25.8 Å². The summed E-state index contributed by atoms with van der Waals surface area (Å²) in [6, 6.07) is -0.0194. The summed E-state index contributed by atoms with van der Waals surface area (Å²) < 4.78 is 20.7. The smallest absolute Gasteiger partial charge is 0.333 e. The summed E-state index contributed by atoms with van der Waals surface area (Å²) in [5.74, 6) is -1.19. The number of aliphatic hydroxyl groups excluding tert-OH is 2. The van der Waals surface area contributed by atoms with Crippen LogP contribution in [0.2, 0.25) is 0 Å². The summed E-state index contributed by atoms with van der Waals surface area (Å²) in [5.41, 5.74) is 3.89. The fourth-order valence-corrected chi connectivity index (χ4v) is 2.49. The Hall–Kier alpha value is -2.08. The summed E-state index contributed by atoms with van der Waals surface area (Å²) in [5, 5.41) is 27.3. The normalized spacial score (nSPS) is 28.0. The van der Waals surface area contributed by atoms with Crippen molar-refractivity contribution in [3.8, 4) is 0 Å². The van der Waals surface area contributed by atoms with Crippen molar-refractivity contribution >= 4 is 5.97 Å². The number of carboxylic acids is 1. The molecule has 1 aliphatic rings. The van der Waals surface area contributed by atoms with E-state index in [1.165, 1.54) is 0 Å². The number of hydrogen-bond donors (Lipinski definition) is 4. The van der Waals surface area contributed by atoms with E-state index in [4.69, 9.17) is 20.7 Å². The topological polar surface area (TPSA) is 157 Å². The molecule has 1 aromatic heterocycles. The van der Waals surface area contributed by atoms with Gasteiger partial charge in [-0.05, 0) is 0 Å². The van der Waals surface area contributed by atoms with Crippen molar-refractivity contribution in [3.63, 3.8) is 0 Å². The monoisotopic (exact) mass is 347 g/mol. The first-order valence-corrected chi connectivity index (χ1v) is 7.14. The minimum atomic E-state index is -1.99. The van der Waals surface area contributed by atoms with Gasteiger partial charge in [0.15, 0.2) is 12.4 Å². The van der Waals surface area contributed by atoms with Crippen LogP contribution < -0.4 is 17.0 Å². The molecule has 1 aliphatic heterocycles. The maximum atomic E-state index is 14.1. The molecule has 1 fully saturated rings. The summed E-state index contributed by atoms with van der Waals surface area (Å²) in [6.07, 6.45) is -5.79. The summed E-state index contributed by atoms with van der Waals surface area (Å²) >= 11 is 0. The predicted octanol–water partition coefficient (Wildman–Crippen LogP) is -2.60. The van der Waals surface area contributed by atoms with Gasteiger partial charge >= 0.3 is 11.7 Å². The number of ether oxygens (including phenoxy) is 1. The molecular weight excluding hydrogens is 329 g/mol.